The van der Waals surface area contributed by atoms with Crippen molar-refractivity contribution in [1.29, 1.82) is 0 Å². The summed E-state index contributed by atoms with van der Waals surface area (Å²) in [6, 6.07) is 7.68. The van der Waals surface area contributed by atoms with Crippen LogP contribution in [0.4, 0.5) is 11.5 Å². The van der Waals surface area contributed by atoms with E-state index in [4.69, 9.17) is 4.74 Å². The molecule has 28 heavy (non-hydrogen) atoms. The number of Topliss-reactive ketones (excluding diaryl/α,β-unsaturated/α-hetero) is 1. The minimum atomic E-state index is 0.00977. The molecule has 0 atom stereocenters. The first-order valence-corrected chi connectivity index (χ1v) is 9.74. The molecular formula is C22H21N3O3. The second-order valence-corrected chi connectivity index (χ2v) is 7.32. The molecule has 3 aliphatic rings. The van der Waals surface area contributed by atoms with E-state index in [9.17, 15) is 9.59 Å². The Labute approximate surface area is 163 Å². The van der Waals surface area contributed by atoms with E-state index in [1.807, 2.05) is 36.1 Å². The van der Waals surface area contributed by atoms with Crippen LogP contribution in [0.25, 0.3) is 6.08 Å². The van der Waals surface area contributed by atoms with Crippen molar-refractivity contribution >= 4 is 29.3 Å². The van der Waals surface area contributed by atoms with Crippen molar-refractivity contribution in [1.82, 2.24) is 9.88 Å². The number of rotatable bonds is 3. The summed E-state index contributed by atoms with van der Waals surface area (Å²) in [5.41, 5.74) is 4.10. The van der Waals surface area contributed by atoms with Crippen LogP contribution in [0.2, 0.25) is 0 Å². The number of hydrogen-bond donors (Lipinski definition) is 0. The first-order valence-electron chi connectivity index (χ1n) is 9.74. The van der Waals surface area contributed by atoms with E-state index in [1.165, 1.54) is 0 Å². The van der Waals surface area contributed by atoms with Crippen LogP contribution < -0.4 is 9.64 Å². The number of aromatic nitrogens is 1. The third kappa shape index (κ3) is 2.59. The van der Waals surface area contributed by atoms with Gasteiger partial charge in [-0.25, -0.2) is 4.98 Å². The van der Waals surface area contributed by atoms with Crippen molar-refractivity contribution in [3.63, 3.8) is 0 Å². The number of nitrogens with zero attached hydrogens (tertiary/aromatic N) is 3. The summed E-state index contributed by atoms with van der Waals surface area (Å²) in [5.74, 6) is 1.46. The summed E-state index contributed by atoms with van der Waals surface area (Å²) in [6.45, 7) is 4.80. The fourth-order valence-electron chi connectivity index (χ4n) is 3.90. The number of ether oxygens (including phenoxy) is 1. The second kappa shape index (κ2) is 6.48. The molecule has 1 amide bonds. The number of fused-ring (bicyclic) bond motifs is 2. The molecule has 0 unspecified atom stereocenters. The lowest BCUT2D eigenvalue weighted by Gasteiger charge is -2.32. The Kier molecular flexibility index (Phi) is 3.93. The van der Waals surface area contributed by atoms with Gasteiger partial charge in [0.25, 0.3) is 5.91 Å². The normalized spacial score (nSPS) is 17.5. The Morgan fingerprint density at radius 3 is 2.82 bits per heavy atom. The number of carbonyl (C=O) groups is 2. The van der Waals surface area contributed by atoms with Crippen LogP contribution in [0.1, 0.15) is 46.0 Å². The molecule has 1 aromatic carbocycles. The summed E-state index contributed by atoms with van der Waals surface area (Å²) < 4.78 is 5.80. The van der Waals surface area contributed by atoms with E-state index >= 15 is 0 Å². The molecule has 2 aromatic rings. The molecule has 5 rings (SSSR count). The van der Waals surface area contributed by atoms with Gasteiger partial charge in [0.2, 0.25) is 0 Å². The summed E-state index contributed by atoms with van der Waals surface area (Å²) in [6.07, 6.45) is 5.40. The Morgan fingerprint density at radius 2 is 2.07 bits per heavy atom. The predicted molar refractivity (Wildman–Crippen MR) is 106 cm³/mol. The van der Waals surface area contributed by atoms with Crippen molar-refractivity contribution in [2.24, 2.45) is 0 Å². The molecule has 0 N–H and O–H groups in total. The monoisotopic (exact) mass is 375 g/mol. The van der Waals surface area contributed by atoms with Crippen LogP contribution in [-0.2, 0) is 0 Å². The molecule has 1 fully saturated rings. The maximum atomic E-state index is 12.5. The highest BCUT2D eigenvalue weighted by Crippen LogP contribution is 2.38. The molecule has 1 aromatic heterocycles. The number of carbonyl (C=O) groups excluding carboxylic acids is 2. The van der Waals surface area contributed by atoms with Gasteiger partial charge in [0.1, 0.15) is 6.61 Å². The fourth-order valence-corrected chi connectivity index (χ4v) is 3.90. The van der Waals surface area contributed by atoms with Gasteiger partial charge in [-0.15, -0.1) is 0 Å². The molecule has 0 spiro atoms. The molecule has 142 valence electrons. The molecule has 0 radical (unpaired) electrons. The van der Waals surface area contributed by atoms with Crippen LogP contribution >= 0.6 is 0 Å². The quantitative estimate of drug-likeness (QED) is 0.822. The van der Waals surface area contributed by atoms with Crippen molar-refractivity contribution in [2.45, 2.75) is 19.8 Å². The zero-order valence-electron chi connectivity index (χ0n) is 15.8. The Hall–Kier alpha value is -3.15. The Balaban J connectivity index is 1.48. The Bertz CT molecular complexity index is 1020. The smallest absolute Gasteiger partial charge is 0.255 e. The van der Waals surface area contributed by atoms with Gasteiger partial charge in [0, 0.05) is 36.1 Å². The second-order valence-electron chi connectivity index (χ2n) is 7.32. The van der Waals surface area contributed by atoms with Gasteiger partial charge in [-0.3, -0.25) is 9.59 Å². The molecule has 6 nitrogen and oxygen atoms in total. The lowest BCUT2D eigenvalue weighted by atomic mass is 10.1. The number of benzene rings is 1. The largest absolute Gasteiger partial charge is 0.488 e. The molecule has 0 bridgehead atoms. The summed E-state index contributed by atoms with van der Waals surface area (Å²) >= 11 is 0. The predicted octanol–water partition coefficient (Wildman–Crippen LogP) is 3.45. The number of hydrogen-bond acceptors (Lipinski definition) is 5. The summed E-state index contributed by atoms with van der Waals surface area (Å²) in [4.78, 5) is 33.3. The fraction of sp³-hybridized carbons (Fsp3) is 0.318. The Morgan fingerprint density at radius 1 is 1.21 bits per heavy atom. The number of allylic oxidation sites excluding steroid dienone is 1. The number of likely N-dealkylation sites (tertiary alicyclic amines) is 1. The zero-order valence-corrected chi connectivity index (χ0v) is 15.8. The summed E-state index contributed by atoms with van der Waals surface area (Å²) in [5, 5.41) is 0. The van der Waals surface area contributed by atoms with Crippen molar-refractivity contribution < 1.29 is 14.3 Å². The molecule has 0 saturated carbocycles. The van der Waals surface area contributed by atoms with E-state index < -0.39 is 0 Å². The minimum absolute atomic E-state index is 0.00977. The van der Waals surface area contributed by atoms with Crippen molar-refractivity contribution in [2.75, 3.05) is 31.1 Å². The topological polar surface area (TPSA) is 62.7 Å². The SMILES string of the molecule is CCC1=Cc2cc(N3CCOc4cc(C(=O)N5CCC5)cnc43)ccc2C1=O. The lowest BCUT2D eigenvalue weighted by molar-refractivity contribution is 0.0650. The third-order valence-corrected chi connectivity index (χ3v) is 5.64. The number of amides is 1. The highest BCUT2D eigenvalue weighted by atomic mass is 16.5. The number of ketones is 1. The molecule has 6 heteroatoms. The molecule has 2 aliphatic heterocycles. The molecular weight excluding hydrogens is 354 g/mol. The highest BCUT2D eigenvalue weighted by Gasteiger charge is 2.28. The lowest BCUT2D eigenvalue weighted by Crippen LogP contribution is -2.42. The van der Waals surface area contributed by atoms with Crippen LogP contribution in [0.5, 0.6) is 5.75 Å². The van der Waals surface area contributed by atoms with E-state index in [0.29, 0.717) is 30.3 Å². The van der Waals surface area contributed by atoms with Crippen LogP contribution in [0, 0.1) is 0 Å². The highest BCUT2D eigenvalue weighted by molar-refractivity contribution is 6.18. The molecule has 1 aliphatic carbocycles. The zero-order chi connectivity index (χ0) is 19.3. The first-order chi connectivity index (χ1) is 13.7. The third-order valence-electron chi connectivity index (χ3n) is 5.64. The van der Waals surface area contributed by atoms with Gasteiger partial charge in [-0.05, 0) is 48.7 Å². The average molecular weight is 375 g/mol. The van der Waals surface area contributed by atoms with Crippen LogP contribution in [-0.4, -0.2) is 47.8 Å². The van der Waals surface area contributed by atoms with E-state index in [-0.39, 0.29) is 11.7 Å². The summed E-state index contributed by atoms with van der Waals surface area (Å²) in [7, 11) is 0. The maximum Gasteiger partial charge on any atom is 0.255 e. The number of anilines is 2. The van der Waals surface area contributed by atoms with Gasteiger partial charge in [0.15, 0.2) is 17.4 Å². The van der Waals surface area contributed by atoms with E-state index in [0.717, 1.165) is 48.3 Å². The van der Waals surface area contributed by atoms with Gasteiger partial charge in [0.05, 0.1) is 12.1 Å². The van der Waals surface area contributed by atoms with Gasteiger partial charge in [-0.1, -0.05) is 6.92 Å². The molecule has 1 saturated heterocycles. The van der Waals surface area contributed by atoms with Crippen molar-refractivity contribution in [3.8, 4) is 5.75 Å². The van der Waals surface area contributed by atoms with Crippen LogP contribution in [0.15, 0.2) is 36.0 Å². The van der Waals surface area contributed by atoms with Gasteiger partial charge < -0.3 is 14.5 Å². The maximum absolute atomic E-state index is 12.5. The standard InChI is InChI=1S/C22H21N3O3/c1-2-14-10-15-11-17(4-5-18(15)20(14)26)25-8-9-28-19-12-16(13-23-21(19)25)22(27)24-6-3-7-24/h4-5,10-13H,2-3,6-9H2,1H3. The van der Waals surface area contributed by atoms with Gasteiger partial charge in [-0.2, -0.15) is 0 Å². The van der Waals surface area contributed by atoms with Crippen LogP contribution in [0.3, 0.4) is 0 Å². The minimum Gasteiger partial charge on any atom is -0.488 e. The van der Waals surface area contributed by atoms with Gasteiger partial charge >= 0.3 is 0 Å². The van der Waals surface area contributed by atoms with E-state index in [1.54, 1.807) is 12.3 Å². The average Bonchev–Trinajstić information content (AvgIpc) is 3.01. The van der Waals surface area contributed by atoms with E-state index in [2.05, 4.69) is 9.88 Å². The number of pyridine rings is 1. The first kappa shape index (κ1) is 17.0. The van der Waals surface area contributed by atoms with Crippen molar-refractivity contribution in [3.05, 3.63) is 52.7 Å². The molecule has 3 heterocycles.